The van der Waals surface area contributed by atoms with Crippen molar-refractivity contribution in [2.24, 2.45) is 17.8 Å². The third-order valence-electron chi connectivity index (χ3n) is 11.1. The number of rotatable bonds is 2. The molecule has 2 aliphatic carbocycles. The van der Waals surface area contributed by atoms with Gasteiger partial charge in [-0.25, -0.2) is 13.1 Å². The molecule has 2 N–H and O–H groups in total. The SMILES string of the molecule is C[C@H]1C/C=C/[C@H](O)[C@@H]2CC[C@H]2CN2C[C@@]3(CCCc4cc(Cl)ccc43)COc3ccc(cc32)C(=O)NS(=O)(=O)[C@@H]1C[C@H]1CCO1. The van der Waals surface area contributed by atoms with Gasteiger partial charge < -0.3 is 19.5 Å². The molecule has 0 aromatic heterocycles. The van der Waals surface area contributed by atoms with E-state index in [2.05, 4.69) is 21.8 Å². The topological polar surface area (TPSA) is 105 Å². The molecule has 2 bridgehead atoms. The molecule has 10 heteroatoms. The minimum Gasteiger partial charge on any atom is -0.490 e. The van der Waals surface area contributed by atoms with Crippen molar-refractivity contribution in [1.29, 1.82) is 0 Å². The fourth-order valence-electron chi connectivity index (χ4n) is 8.19. The number of anilines is 1. The van der Waals surface area contributed by atoms with Gasteiger partial charge in [-0.15, -0.1) is 0 Å². The number of carbonyl (C=O) groups is 1. The van der Waals surface area contributed by atoms with Gasteiger partial charge in [0.05, 0.1) is 29.8 Å². The number of hydrogen-bond acceptors (Lipinski definition) is 7. The second kappa shape index (κ2) is 12.2. The second-order valence-corrected chi connectivity index (χ2v) is 16.3. The zero-order valence-electron chi connectivity index (χ0n) is 25.8. The van der Waals surface area contributed by atoms with Crippen LogP contribution in [0.2, 0.25) is 5.02 Å². The van der Waals surface area contributed by atoms with E-state index in [1.807, 2.05) is 25.1 Å². The third kappa shape index (κ3) is 6.01. The number of hydrogen-bond donors (Lipinski definition) is 2. The second-order valence-electron chi connectivity index (χ2n) is 14.0. The Labute approximate surface area is 271 Å². The number of ether oxygens (including phenoxy) is 2. The summed E-state index contributed by atoms with van der Waals surface area (Å²) in [6, 6.07) is 11.4. The molecule has 1 saturated heterocycles. The Bertz CT molecular complexity index is 1590. The van der Waals surface area contributed by atoms with Gasteiger partial charge in [0.1, 0.15) is 5.75 Å². The van der Waals surface area contributed by atoms with E-state index in [9.17, 15) is 18.3 Å². The number of allylic oxidation sites excluding steroid dienone is 1. The quantitative estimate of drug-likeness (QED) is 0.418. The number of carbonyl (C=O) groups excluding carboxylic acids is 1. The van der Waals surface area contributed by atoms with Crippen molar-refractivity contribution in [1.82, 2.24) is 4.72 Å². The van der Waals surface area contributed by atoms with Crippen LogP contribution >= 0.6 is 11.6 Å². The van der Waals surface area contributed by atoms with Crippen molar-refractivity contribution in [2.45, 2.75) is 81.2 Å². The number of sulfonamides is 1. The van der Waals surface area contributed by atoms with Crippen LogP contribution in [0.3, 0.4) is 0 Å². The molecule has 3 aliphatic heterocycles. The van der Waals surface area contributed by atoms with Crippen LogP contribution in [0, 0.1) is 17.8 Å². The molecule has 1 spiro atoms. The smallest absolute Gasteiger partial charge is 0.264 e. The summed E-state index contributed by atoms with van der Waals surface area (Å²) in [6.07, 6.45) is 9.55. The van der Waals surface area contributed by atoms with E-state index in [4.69, 9.17) is 21.1 Å². The molecule has 8 nitrogen and oxygen atoms in total. The first-order valence-corrected chi connectivity index (χ1v) is 18.4. The maximum Gasteiger partial charge on any atom is 0.264 e. The summed E-state index contributed by atoms with van der Waals surface area (Å²) in [5.74, 6) is 0.153. The van der Waals surface area contributed by atoms with E-state index in [-0.39, 0.29) is 34.8 Å². The standard InChI is InChI=1S/C35H43ClN2O6S/c1-22-4-2-6-31(39)28-10-7-25(28)19-38-20-35(14-3-5-23-16-26(36)9-11-29(23)35)21-44-32-12-8-24(17-30(32)38)34(40)37-45(41,42)33(22)18-27-13-15-43-27/h2,6,8-9,11-12,16-17,22,25,27-28,31,33,39H,3-5,7,10,13-15,18-21H2,1H3,(H,37,40)/b6-2+/t22-,25-,27+,28+,31-,33+,35-/m0/s1. The molecule has 2 fully saturated rings. The number of fused-ring (bicyclic) bond motifs is 4. The van der Waals surface area contributed by atoms with E-state index in [0.717, 1.165) is 49.2 Å². The van der Waals surface area contributed by atoms with Crippen molar-refractivity contribution >= 4 is 33.2 Å². The Morgan fingerprint density at radius 3 is 2.76 bits per heavy atom. The fraction of sp³-hybridized carbons (Fsp3) is 0.571. The van der Waals surface area contributed by atoms with Gasteiger partial charge in [-0.05, 0) is 111 Å². The molecule has 2 aromatic rings. The van der Waals surface area contributed by atoms with Crippen LogP contribution in [0.1, 0.15) is 73.4 Å². The third-order valence-corrected chi connectivity index (χ3v) is 13.2. The molecule has 5 aliphatic rings. The predicted molar refractivity (Wildman–Crippen MR) is 175 cm³/mol. The zero-order valence-corrected chi connectivity index (χ0v) is 27.4. The van der Waals surface area contributed by atoms with E-state index in [1.165, 1.54) is 11.1 Å². The lowest BCUT2D eigenvalue weighted by Crippen LogP contribution is -2.49. The predicted octanol–water partition coefficient (Wildman–Crippen LogP) is 5.40. The van der Waals surface area contributed by atoms with Crippen molar-refractivity contribution in [3.05, 3.63) is 70.3 Å². The largest absolute Gasteiger partial charge is 0.490 e. The molecule has 45 heavy (non-hydrogen) atoms. The Kier molecular flexibility index (Phi) is 8.42. The van der Waals surface area contributed by atoms with Crippen LogP contribution in [0.4, 0.5) is 5.69 Å². The lowest BCUT2D eigenvalue weighted by Gasteiger charge is -2.45. The molecule has 242 valence electrons. The Hall–Kier alpha value is -2.59. The van der Waals surface area contributed by atoms with E-state index >= 15 is 0 Å². The molecule has 1 saturated carbocycles. The van der Waals surface area contributed by atoms with Gasteiger partial charge >= 0.3 is 0 Å². The number of benzene rings is 2. The Morgan fingerprint density at radius 1 is 1.16 bits per heavy atom. The number of halogens is 1. The van der Waals surface area contributed by atoms with E-state index in [0.29, 0.717) is 44.9 Å². The maximum atomic E-state index is 13.7. The average Bonchev–Trinajstić information content (AvgIpc) is 3.10. The molecule has 3 heterocycles. The number of aliphatic hydroxyl groups excluding tert-OH is 1. The molecule has 2 aromatic carbocycles. The monoisotopic (exact) mass is 654 g/mol. The van der Waals surface area contributed by atoms with Gasteiger partial charge in [0, 0.05) is 35.7 Å². The highest BCUT2D eigenvalue weighted by molar-refractivity contribution is 7.90. The summed E-state index contributed by atoms with van der Waals surface area (Å²) in [5, 5.41) is 11.2. The zero-order chi connectivity index (χ0) is 31.3. The summed E-state index contributed by atoms with van der Waals surface area (Å²) >= 11 is 6.41. The van der Waals surface area contributed by atoms with Crippen LogP contribution in [-0.2, 0) is 26.6 Å². The van der Waals surface area contributed by atoms with Crippen LogP contribution in [0.15, 0.2) is 48.6 Å². The molecule has 0 unspecified atom stereocenters. The number of nitrogens with zero attached hydrogens (tertiary/aromatic N) is 1. The van der Waals surface area contributed by atoms with Gasteiger partial charge in [-0.1, -0.05) is 36.7 Å². The van der Waals surface area contributed by atoms with Crippen LogP contribution in [-0.4, -0.2) is 63.2 Å². The summed E-state index contributed by atoms with van der Waals surface area (Å²) in [6.45, 7) is 4.41. The molecule has 1 amide bonds. The number of aryl methyl sites for hydroxylation is 1. The maximum absolute atomic E-state index is 13.7. The highest BCUT2D eigenvalue weighted by Crippen LogP contribution is 2.47. The Morgan fingerprint density at radius 2 is 2.00 bits per heavy atom. The van der Waals surface area contributed by atoms with Crippen LogP contribution in [0.25, 0.3) is 0 Å². The van der Waals surface area contributed by atoms with Crippen LogP contribution < -0.4 is 14.4 Å². The first kappa shape index (κ1) is 31.0. The fourth-order valence-corrected chi connectivity index (χ4v) is 10.1. The molecule has 7 atom stereocenters. The number of amides is 1. The number of aliphatic hydroxyl groups is 1. The van der Waals surface area contributed by atoms with Crippen molar-refractivity contribution in [3.63, 3.8) is 0 Å². The lowest BCUT2D eigenvalue weighted by atomic mass is 9.68. The van der Waals surface area contributed by atoms with E-state index < -0.39 is 27.3 Å². The van der Waals surface area contributed by atoms with Crippen molar-refractivity contribution in [2.75, 3.05) is 31.2 Å². The highest BCUT2D eigenvalue weighted by Gasteiger charge is 2.44. The first-order valence-electron chi connectivity index (χ1n) is 16.4. The number of nitrogens with one attached hydrogen (secondary N) is 1. The summed E-state index contributed by atoms with van der Waals surface area (Å²) < 4.78 is 42.1. The van der Waals surface area contributed by atoms with Gasteiger partial charge in [0.15, 0.2) is 0 Å². The van der Waals surface area contributed by atoms with Crippen LogP contribution in [0.5, 0.6) is 5.75 Å². The van der Waals surface area contributed by atoms with E-state index in [1.54, 1.807) is 18.2 Å². The van der Waals surface area contributed by atoms with Gasteiger partial charge in [-0.3, -0.25) is 4.79 Å². The van der Waals surface area contributed by atoms with Crippen molar-refractivity contribution in [3.8, 4) is 5.75 Å². The Balaban J connectivity index is 1.27. The molecular formula is C35H43ClN2O6S. The van der Waals surface area contributed by atoms with Gasteiger partial charge in [0.2, 0.25) is 10.0 Å². The van der Waals surface area contributed by atoms with Crippen molar-refractivity contribution < 1.29 is 27.8 Å². The molecular weight excluding hydrogens is 612 g/mol. The summed E-state index contributed by atoms with van der Waals surface area (Å²) in [7, 11) is -4.02. The highest BCUT2D eigenvalue weighted by atomic mass is 35.5. The van der Waals surface area contributed by atoms with Gasteiger partial charge in [0.25, 0.3) is 5.91 Å². The minimum absolute atomic E-state index is 0.111. The van der Waals surface area contributed by atoms with Gasteiger partial charge in [-0.2, -0.15) is 0 Å². The first-order chi connectivity index (χ1) is 21.6. The minimum atomic E-state index is -4.02. The summed E-state index contributed by atoms with van der Waals surface area (Å²) in [4.78, 5) is 16.0. The molecule has 7 rings (SSSR count). The summed E-state index contributed by atoms with van der Waals surface area (Å²) in [5.41, 5.74) is 3.30. The normalized spacial score (nSPS) is 35.0. The average molecular weight is 655 g/mol. The lowest BCUT2D eigenvalue weighted by molar-refractivity contribution is -0.0564. The molecule has 0 radical (unpaired) electrons.